The smallest absolute Gasteiger partial charge is 0.247 e. The van der Waals surface area contributed by atoms with Crippen LogP contribution in [0, 0.1) is 0 Å². The maximum atomic E-state index is 12.2. The standard InChI is InChI=1S/C13H16N2O4S/c1-19-8-6-10-13(16)14-12-9(15(10)7-8)4-3-5-11(12)20(2,17)18/h3-5,8,10H,6-7H2,1-2H3,(H,14,16). The lowest BCUT2D eigenvalue weighted by atomic mass is 10.1. The molecule has 2 atom stereocenters. The first-order valence-electron chi connectivity index (χ1n) is 6.35. The minimum absolute atomic E-state index is 0.0152. The van der Waals surface area contributed by atoms with Crippen molar-refractivity contribution in [3.8, 4) is 0 Å². The van der Waals surface area contributed by atoms with E-state index < -0.39 is 9.84 Å². The third-order valence-corrected chi connectivity index (χ3v) is 5.00. The number of nitrogens with one attached hydrogen (secondary N) is 1. The van der Waals surface area contributed by atoms with Gasteiger partial charge in [-0.15, -0.1) is 0 Å². The Morgan fingerprint density at radius 3 is 2.80 bits per heavy atom. The first-order valence-corrected chi connectivity index (χ1v) is 8.24. The molecular formula is C13H16N2O4S. The number of hydrogen-bond donors (Lipinski definition) is 1. The molecule has 2 aliphatic rings. The number of fused-ring (bicyclic) bond motifs is 3. The molecular weight excluding hydrogens is 280 g/mol. The molecule has 108 valence electrons. The molecule has 0 aliphatic carbocycles. The van der Waals surface area contributed by atoms with Gasteiger partial charge in [0.05, 0.1) is 22.4 Å². The summed E-state index contributed by atoms with van der Waals surface area (Å²) < 4.78 is 29.0. The van der Waals surface area contributed by atoms with Gasteiger partial charge in [0.25, 0.3) is 0 Å². The average Bonchev–Trinajstić information content (AvgIpc) is 2.82. The second-order valence-electron chi connectivity index (χ2n) is 5.17. The van der Waals surface area contributed by atoms with Crippen molar-refractivity contribution in [2.24, 2.45) is 0 Å². The maximum absolute atomic E-state index is 12.2. The lowest BCUT2D eigenvalue weighted by molar-refractivity contribution is -0.117. The normalized spacial score (nSPS) is 25.1. The van der Waals surface area contributed by atoms with Gasteiger partial charge >= 0.3 is 0 Å². The van der Waals surface area contributed by atoms with E-state index in [1.807, 2.05) is 11.0 Å². The number of para-hydroxylation sites is 1. The highest BCUT2D eigenvalue weighted by Gasteiger charge is 2.42. The monoisotopic (exact) mass is 296 g/mol. The van der Waals surface area contributed by atoms with Gasteiger partial charge in [0.1, 0.15) is 6.04 Å². The van der Waals surface area contributed by atoms with Crippen LogP contribution >= 0.6 is 0 Å². The Morgan fingerprint density at radius 2 is 2.15 bits per heavy atom. The van der Waals surface area contributed by atoms with E-state index in [-0.39, 0.29) is 22.9 Å². The Morgan fingerprint density at radius 1 is 1.40 bits per heavy atom. The van der Waals surface area contributed by atoms with Gasteiger partial charge in [-0.2, -0.15) is 0 Å². The van der Waals surface area contributed by atoms with Crippen LogP contribution in [-0.2, 0) is 19.4 Å². The highest BCUT2D eigenvalue weighted by Crippen LogP contribution is 2.40. The van der Waals surface area contributed by atoms with Crippen LogP contribution in [0.5, 0.6) is 0 Å². The SMILES string of the molecule is COC1CC2C(=O)Nc3c(cccc3S(C)(=O)=O)N2C1. The van der Waals surface area contributed by atoms with Crippen molar-refractivity contribution in [2.75, 3.05) is 30.1 Å². The highest BCUT2D eigenvalue weighted by molar-refractivity contribution is 7.90. The number of benzene rings is 1. The Hall–Kier alpha value is -1.60. The lowest BCUT2D eigenvalue weighted by Gasteiger charge is -2.33. The van der Waals surface area contributed by atoms with E-state index in [0.29, 0.717) is 18.7 Å². The van der Waals surface area contributed by atoms with E-state index in [9.17, 15) is 13.2 Å². The minimum Gasteiger partial charge on any atom is -0.380 e. The van der Waals surface area contributed by atoms with E-state index in [1.165, 1.54) is 6.07 Å². The Balaban J connectivity index is 2.13. The number of anilines is 2. The quantitative estimate of drug-likeness (QED) is 0.866. The molecule has 1 aromatic rings. The summed E-state index contributed by atoms with van der Waals surface area (Å²) in [6.07, 6.45) is 1.74. The molecule has 0 radical (unpaired) electrons. The van der Waals surface area contributed by atoms with E-state index in [1.54, 1.807) is 13.2 Å². The second-order valence-corrected chi connectivity index (χ2v) is 7.16. The third-order valence-electron chi connectivity index (χ3n) is 3.86. The molecule has 3 rings (SSSR count). The molecule has 2 heterocycles. The maximum Gasteiger partial charge on any atom is 0.247 e. The van der Waals surface area contributed by atoms with Crippen molar-refractivity contribution in [3.63, 3.8) is 0 Å². The zero-order chi connectivity index (χ0) is 14.5. The Labute approximate surface area is 117 Å². The Kier molecular flexibility index (Phi) is 2.98. The van der Waals surface area contributed by atoms with Crippen LogP contribution in [0.1, 0.15) is 6.42 Å². The molecule has 1 fully saturated rings. The summed E-state index contributed by atoms with van der Waals surface area (Å²) in [5.74, 6) is -0.173. The molecule has 1 saturated heterocycles. The van der Waals surface area contributed by atoms with E-state index >= 15 is 0 Å². The van der Waals surface area contributed by atoms with Crippen molar-refractivity contribution >= 4 is 27.1 Å². The molecule has 6 nitrogen and oxygen atoms in total. The van der Waals surface area contributed by atoms with Crippen LogP contribution < -0.4 is 10.2 Å². The third kappa shape index (κ3) is 1.97. The number of nitrogens with zero attached hydrogens (tertiary/aromatic N) is 1. The van der Waals surface area contributed by atoms with Crippen molar-refractivity contribution in [1.82, 2.24) is 0 Å². The van der Waals surface area contributed by atoms with E-state index in [4.69, 9.17) is 4.74 Å². The molecule has 1 N–H and O–H groups in total. The summed E-state index contributed by atoms with van der Waals surface area (Å²) in [5.41, 5.74) is 1.13. The number of rotatable bonds is 2. The van der Waals surface area contributed by atoms with Crippen LogP contribution in [0.25, 0.3) is 0 Å². The Bertz CT molecular complexity index is 671. The number of ether oxygens (including phenoxy) is 1. The average molecular weight is 296 g/mol. The second kappa shape index (κ2) is 4.46. The molecule has 0 saturated carbocycles. The van der Waals surface area contributed by atoms with Crippen molar-refractivity contribution < 1.29 is 17.9 Å². The summed E-state index contributed by atoms with van der Waals surface area (Å²) in [7, 11) is -1.77. The fraction of sp³-hybridized carbons (Fsp3) is 0.462. The fourth-order valence-electron chi connectivity index (χ4n) is 2.88. The first kappa shape index (κ1) is 13.4. The predicted molar refractivity (Wildman–Crippen MR) is 74.7 cm³/mol. The molecule has 1 amide bonds. The molecule has 0 spiro atoms. The largest absolute Gasteiger partial charge is 0.380 e. The van der Waals surface area contributed by atoms with Gasteiger partial charge in [-0.3, -0.25) is 4.79 Å². The molecule has 1 aromatic carbocycles. The zero-order valence-corrected chi connectivity index (χ0v) is 12.1. The number of amides is 1. The summed E-state index contributed by atoms with van der Waals surface area (Å²) in [5, 5.41) is 2.74. The van der Waals surface area contributed by atoms with Crippen molar-refractivity contribution in [3.05, 3.63) is 18.2 Å². The van der Waals surface area contributed by atoms with Gasteiger partial charge in [-0.05, 0) is 12.1 Å². The van der Waals surface area contributed by atoms with Crippen LogP contribution in [0.4, 0.5) is 11.4 Å². The minimum atomic E-state index is -3.39. The van der Waals surface area contributed by atoms with Crippen molar-refractivity contribution in [2.45, 2.75) is 23.5 Å². The number of hydrogen-bond acceptors (Lipinski definition) is 5. The van der Waals surface area contributed by atoms with Gasteiger partial charge < -0.3 is 15.0 Å². The number of carbonyl (C=O) groups excluding carboxylic acids is 1. The molecule has 0 aromatic heterocycles. The van der Waals surface area contributed by atoms with Gasteiger partial charge in [-0.1, -0.05) is 6.07 Å². The van der Waals surface area contributed by atoms with Crippen LogP contribution in [0.3, 0.4) is 0 Å². The topological polar surface area (TPSA) is 75.7 Å². The predicted octanol–water partition coefficient (Wildman–Crippen LogP) is 0.636. The lowest BCUT2D eigenvalue weighted by Crippen LogP contribution is -2.44. The van der Waals surface area contributed by atoms with E-state index in [2.05, 4.69) is 5.32 Å². The molecule has 7 heteroatoms. The molecule has 20 heavy (non-hydrogen) atoms. The summed E-state index contributed by atoms with van der Waals surface area (Å²) in [6, 6.07) is 4.75. The van der Waals surface area contributed by atoms with Gasteiger partial charge in [-0.25, -0.2) is 8.42 Å². The summed E-state index contributed by atoms with van der Waals surface area (Å²) in [6.45, 7) is 0.592. The van der Waals surface area contributed by atoms with Gasteiger partial charge in [0.15, 0.2) is 9.84 Å². The fourth-order valence-corrected chi connectivity index (χ4v) is 3.74. The molecule has 2 aliphatic heterocycles. The summed E-state index contributed by atoms with van der Waals surface area (Å²) >= 11 is 0. The van der Waals surface area contributed by atoms with Gasteiger partial charge in [0.2, 0.25) is 5.91 Å². The number of methoxy groups -OCH3 is 1. The highest BCUT2D eigenvalue weighted by atomic mass is 32.2. The zero-order valence-electron chi connectivity index (χ0n) is 11.3. The number of sulfone groups is 1. The van der Waals surface area contributed by atoms with Crippen molar-refractivity contribution in [1.29, 1.82) is 0 Å². The first-order chi connectivity index (χ1) is 9.41. The van der Waals surface area contributed by atoms with Crippen LogP contribution in [0.15, 0.2) is 23.1 Å². The van der Waals surface area contributed by atoms with Crippen LogP contribution in [-0.4, -0.2) is 46.4 Å². The number of carbonyl (C=O) groups is 1. The van der Waals surface area contributed by atoms with Crippen LogP contribution in [0.2, 0.25) is 0 Å². The molecule has 2 unspecified atom stereocenters. The summed E-state index contributed by atoms with van der Waals surface area (Å²) in [4.78, 5) is 14.3. The van der Waals surface area contributed by atoms with Gasteiger partial charge in [0, 0.05) is 26.3 Å². The molecule has 0 bridgehead atoms. The van der Waals surface area contributed by atoms with E-state index in [0.717, 1.165) is 11.9 Å².